The third kappa shape index (κ3) is 7.92. The molecule has 4 aromatic rings. The molecule has 9 heteroatoms. The van der Waals surface area contributed by atoms with Gasteiger partial charge in [0.25, 0.3) is 0 Å². The number of hydrogen-bond acceptors (Lipinski definition) is 8. The first-order chi connectivity index (χ1) is 25.4. The van der Waals surface area contributed by atoms with Crippen LogP contribution in [0.15, 0.2) is 68.0 Å². The minimum atomic E-state index is -2.06. The molecule has 0 N–H and O–H groups in total. The number of rotatable bonds is 3. The first-order valence-electron chi connectivity index (χ1n) is 19.8. The van der Waals surface area contributed by atoms with Crippen molar-refractivity contribution in [3.05, 3.63) is 82.4 Å². The van der Waals surface area contributed by atoms with Crippen LogP contribution in [0.3, 0.4) is 0 Å². The van der Waals surface area contributed by atoms with Crippen molar-refractivity contribution in [2.45, 2.75) is 162 Å². The Bertz CT molecular complexity index is 2040. The first kappa shape index (κ1) is 40.1. The summed E-state index contributed by atoms with van der Waals surface area (Å²) in [6, 6.07) is 18.7. The molecule has 2 fully saturated rings. The Morgan fingerprint density at radius 3 is 1.64 bits per heavy atom. The van der Waals surface area contributed by atoms with Crippen LogP contribution in [0.1, 0.15) is 138 Å². The van der Waals surface area contributed by atoms with E-state index in [0.717, 1.165) is 38.6 Å². The summed E-state index contributed by atoms with van der Waals surface area (Å²) in [5.41, 5.74) is 6.13. The Labute approximate surface area is 328 Å². The zero-order valence-corrected chi connectivity index (χ0v) is 36.5. The van der Waals surface area contributed by atoms with E-state index in [1.165, 1.54) is 11.1 Å². The summed E-state index contributed by atoms with van der Waals surface area (Å²) < 4.78 is 47.7. The van der Waals surface area contributed by atoms with Crippen LogP contribution in [0.25, 0.3) is 21.9 Å². The van der Waals surface area contributed by atoms with Gasteiger partial charge in [0.2, 0.25) is 6.29 Å². The quantitative estimate of drug-likeness (QED) is 0.205. The molecule has 55 heavy (non-hydrogen) atoms. The molecule has 6 atom stereocenters. The molecule has 0 spiro atoms. The van der Waals surface area contributed by atoms with Gasteiger partial charge in [-0.2, -0.15) is 0 Å². The molecule has 3 aromatic carbocycles. The van der Waals surface area contributed by atoms with Crippen molar-refractivity contribution in [1.82, 2.24) is 0 Å². The summed E-state index contributed by atoms with van der Waals surface area (Å²) in [4.78, 5) is 5.14. The Hall–Kier alpha value is -3.13. The van der Waals surface area contributed by atoms with Crippen LogP contribution in [0, 0.1) is 5.41 Å². The molecule has 1 aromatic heterocycles. The van der Waals surface area contributed by atoms with Gasteiger partial charge in [-0.1, -0.05) is 146 Å². The first-order valence-corrected chi connectivity index (χ1v) is 20.9. The average molecular weight is 772 g/mol. The summed E-state index contributed by atoms with van der Waals surface area (Å²) in [7, 11) is -2.06. The fourth-order valence-corrected chi connectivity index (χ4v) is 8.74. The third-order valence-corrected chi connectivity index (χ3v) is 11.9. The summed E-state index contributed by atoms with van der Waals surface area (Å²) in [5.74, 6) is 0.621. The van der Waals surface area contributed by atoms with Gasteiger partial charge >= 0.3 is 8.24 Å². The van der Waals surface area contributed by atoms with E-state index in [-0.39, 0.29) is 27.1 Å². The minimum absolute atomic E-state index is 0.106. The van der Waals surface area contributed by atoms with Gasteiger partial charge in [-0.05, 0) is 44.9 Å². The van der Waals surface area contributed by atoms with Crippen LogP contribution in [0.4, 0.5) is 0 Å². The Morgan fingerprint density at radius 2 is 1.16 bits per heavy atom. The van der Waals surface area contributed by atoms with Gasteiger partial charge in [-0.15, -0.1) is 0 Å². The highest BCUT2D eigenvalue weighted by molar-refractivity contribution is 7.31. The van der Waals surface area contributed by atoms with Crippen LogP contribution >= 0.6 is 8.24 Å². The molecular weight excluding hydrogens is 709 g/mol. The molecule has 0 radical (unpaired) electrons. The molecular formula is C46H62NO7P. The van der Waals surface area contributed by atoms with Crippen molar-refractivity contribution in [2.24, 2.45) is 10.4 Å². The van der Waals surface area contributed by atoms with Gasteiger partial charge in [0.05, 0.1) is 6.61 Å². The van der Waals surface area contributed by atoms with E-state index >= 15 is 0 Å². The number of benzene rings is 3. The van der Waals surface area contributed by atoms with Crippen LogP contribution in [-0.4, -0.2) is 43.1 Å². The zero-order chi connectivity index (χ0) is 40.0. The predicted molar refractivity (Wildman–Crippen MR) is 222 cm³/mol. The molecule has 0 amide bonds. The molecule has 0 aliphatic carbocycles. The number of ether oxygens (including phenoxy) is 4. The van der Waals surface area contributed by atoms with Crippen molar-refractivity contribution in [2.75, 3.05) is 6.61 Å². The predicted octanol–water partition coefficient (Wildman–Crippen LogP) is 12.0. The van der Waals surface area contributed by atoms with Gasteiger partial charge in [0.1, 0.15) is 35.5 Å². The smallest absolute Gasteiger partial charge is 0.387 e. The highest BCUT2D eigenvalue weighted by Gasteiger charge is 2.56. The highest BCUT2D eigenvalue weighted by atomic mass is 31.1. The topological polar surface area (TPSA) is 84.8 Å². The van der Waals surface area contributed by atoms with Crippen molar-refractivity contribution in [1.29, 1.82) is 0 Å². The Kier molecular flexibility index (Phi) is 10.0. The van der Waals surface area contributed by atoms with E-state index in [9.17, 15) is 0 Å². The second kappa shape index (κ2) is 13.8. The van der Waals surface area contributed by atoms with Gasteiger partial charge in [0.15, 0.2) is 12.2 Å². The summed E-state index contributed by atoms with van der Waals surface area (Å²) >= 11 is 0. The van der Waals surface area contributed by atoms with Crippen LogP contribution in [-0.2, 0) is 40.6 Å². The number of fused-ring (bicyclic) bond motifs is 5. The van der Waals surface area contributed by atoms with Crippen molar-refractivity contribution in [3.63, 3.8) is 0 Å². The second-order valence-corrected chi connectivity index (χ2v) is 21.8. The zero-order valence-electron chi connectivity index (χ0n) is 35.6. The summed E-state index contributed by atoms with van der Waals surface area (Å²) in [6.45, 7) is 33.6. The van der Waals surface area contributed by atoms with Gasteiger partial charge in [-0.3, -0.25) is 4.52 Å². The third-order valence-electron chi connectivity index (χ3n) is 10.9. The largest absolute Gasteiger partial charge is 0.449 e. The van der Waals surface area contributed by atoms with Gasteiger partial charge in [-0.25, -0.2) is 4.99 Å². The molecule has 1 unspecified atom stereocenters. The normalized spacial score (nSPS) is 25.0. The minimum Gasteiger partial charge on any atom is -0.449 e. The summed E-state index contributed by atoms with van der Waals surface area (Å²) in [6.07, 6.45) is -2.89. The van der Waals surface area contributed by atoms with E-state index in [0.29, 0.717) is 12.5 Å². The molecule has 3 aliphatic heterocycles. The lowest BCUT2D eigenvalue weighted by molar-refractivity contribution is -0.324. The van der Waals surface area contributed by atoms with Gasteiger partial charge in [0, 0.05) is 32.9 Å². The van der Waals surface area contributed by atoms with Crippen LogP contribution in [0.2, 0.25) is 0 Å². The van der Waals surface area contributed by atoms with Crippen molar-refractivity contribution in [3.8, 4) is 0 Å². The fourth-order valence-electron chi connectivity index (χ4n) is 7.48. The van der Waals surface area contributed by atoms with E-state index in [1.54, 1.807) is 0 Å². The van der Waals surface area contributed by atoms with E-state index in [4.69, 9.17) is 36.9 Å². The fraction of sp³-hybridized carbons (Fsp3) is 0.587. The molecule has 7 rings (SSSR count). The van der Waals surface area contributed by atoms with E-state index in [2.05, 4.69) is 128 Å². The number of hydrogen-bond donors (Lipinski definition) is 0. The maximum atomic E-state index is 7.26. The van der Waals surface area contributed by atoms with Gasteiger partial charge < -0.3 is 27.3 Å². The summed E-state index contributed by atoms with van der Waals surface area (Å²) in [5, 5.41) is 2.04. The maximum Gasteiger partial charge on any atom is 0.387 e. The lowest BCUT2D eigenvalue weighted by Gasteiger charge is -2.45. The lowest BCUT2D eigenvalue weighted by Crippen LogP contribution is -2.62. The van der Waals surface area contributed by atoms with Crippen molar-refractivity contribution >= 4 is 36.1 Å². The van der Waals surface area contributed by atoms with E-state index < -0.39 is 45.2 Å². The average Bonchev–Trinajstić information content (AvgIpc) is 3.44. The number of aliphatic imine (C=N–C) groups is 1. The Morgan fingerprint density at radius 1 is 0.636 bits per heavy atom. The molecule has 0 bridgehead atoms. The second-order valence-electron chi connectivity index (χ2n) is 20.8. The molecule has 4 heterocycles. The SMILES string of the molecule is CC(C)(C)C1=N[C@H]2[C@@H](O1)O[C@@H]1COC(c3ccccc3)O[C@H]1[C@@H]2Op1oc2c(C(C)(C)C)cc(C(C)(C)C)cc2c2cc(C(C)(C)C)cc(C(C)(C)C)c2o1. The van der Waals surface area contributed by atoms with Crippen LogP contribution < -0.4 is 4.52 Å². The molecule has 0 saturated carbocycles. The molecule has 2 saturated heterocycles. The highest BCUT2D eigenvalue weighted by Crippen LogP contribution is 2.47. The number of nitrogens with zero attached hydrogens (tertiary/aromatic N) is 1. The van der Waals surface area contributed by atoms with Crippen LogP contribution in [0.5, 0.6) is 0 Å². The van der Waals surface area contributed by atoms with E-state index in [1.807, 2.05) is 30.3 Å². The standard InChI is InChI=1S/C46H62NO7P/c1-42(2,3)27-21-29-30-22-28(43(4,5)6)24-32(45(10,11)12)36(30)53-55(52-35(29)31(23-27)44(7,8)9)54-38-34-40(51-41(47-34)46(13,14)15)49-33-25-48-39(50-37(33)38)26-19-17-16-18-20-26/h16-24,33-34,37-40H,25H2,1-15H3/t33-,34-,37-,38-,39?,40-/m1/s1. The van der Waals surface area contributed by atoms with Crippen molar-refractivity contribution < 1.29 is 31.9 Å². The molecule has 8 nitrogen and oxygen atoms in total. The molecule has 3 aliphatic rings. The lowest BCUT2D eigenvalue weighted by atomic mass is 9.77. The maximum absolute atomic E-state index is 7.26. The molecule has 298 valence electrons. The monoisotopic (exact) mass is 771 g/mol. The Balaban J connectivity index is 1.51.